The molecule has 0 saturated heterocycles. The Hall–Kier alpha value is -1.00. The molecule has 1 aromatic heterocycles. The van der Waals surface area contributed by atoms with Crippen LogP contribution < -0.4 is 10.0 Å². The lowest BCUT2D eigenvalue weighted by atomic mass is 10.4. The molecule has 0 amide bonds. The highest BCUT2D eigenvalue weighted by molar-refractivity contribution is 8.00. The lowest BCUT2D eigenvalue weighted by Crippen LogP contribution is -2.27. The molecule has 1 rings (SSSR count). The van der Waals surface area contributed by atoms with E-state index in [0.29, 0.717) is 12.4 Å². The highest BCUT2D eigenvalue weighted by Crippen LogP contribution is 2.29. The third-order valence-electron chi connectivity index (χ3n) is 2.26. The summed E-state index contributed by atoms with van der Waals surface area (Å²) in [7, 11) is -3.84. The molecule has 1 heterocycles. The van der Waals surface area contributed by atoms with Crippen LogP contribution in [0.3, 0.4) is 0 Å². The molecule has 0 atom stereocenters. The molecule has 0 aliphatic heterocycles. The number of rotatable bonds is 8. The summed E-state index contributed by atoms with van der Waals surface area (Å²) in [4.78, 5) is 3.93. The normalized spacial score (nSPS) is 12.4. The fourth-order valence-corrected chi connectivity index (χ4v) is 2.96. The Labute approximate surface area is 125 Å². The van der Waals surface area contributed by atoms with Crippen LogP contribution in [0.5, 0.6) is 0 Å². The number of hydrogen-bond acceptors (Lipinski definition) is 5. The van der Waals surface area contributed by atoms with Gasteiger partial charge in [-0.05, 0) is 24.2 Å². The van der Waals surface area contributed by atoms with E-state index in [1.807, 2.05) is 6.92 Å². The van der Waals surface area contributed by atoms with Crippen molar-refractivity contribution in [2.24, 2.45) is 0 Å². The third-order valence-corrected chi connectivity index (χ3v) is 4.45. The molecule has 0 spiro atoms. The van der Waals surface area contributed by atoms with E-state index in [1.54, 1.807) is 0 Å². The van der Waals surface area contributed by atoms with E-state index in [4.69, 9.17) is 0 Å². The average molecular weight is 343 g/mol. The number of pyridine rings is 1. The van der Waals surface area contributed by atoms with Gasteiger partial charge in [0.25, 0.3) is 0 Å². The zero-order valence-corrected chi connectivity index (χ0v) is 12.9. The van der Waals surface area contributed by atoms with Gasteiger partial charge in [0.1, 0.15) is 5.82 Å². The molecule has 0 radical (unpaired) electrons. The van der Waals surface area contributed by atoms with Crippen molar-refractivity contribution in [1.82, 2.24) is 9.71 Å². The number of sulfonamides is 1. The van der Waals surface area contributed by atoms with Crippen LogP contribution in [0.1, 0.15) is 13.3 Å². The molecule has 2 N–H and O–H groups in total. The van der Waals surface area contributed by atoms with Gasteiger partial charge < -0.3 is 5.32 Å². The van der Waals surface area contributed by atoms with Gasteiger partial charge in [0.2, 0.25) is 10.0 Å². The molecule has 0 saturated carbocycles. The number of thioether (sulfide) groups is 1. The number of nitrogens with one attached hydrogen (secondary N) is 2. The van der Waals surface area contributed by atoms with Gasteiger partial charge in [-0.3, -0.25) is 0 Å². The molecule has 0 aliphatic carbocycles. The van der Waals surface area contributed by atoms with Gasteiger partial charge in [-0.15, -0.1) is 0 Å². The van der Waals surface area contributed by atoms with E-state index >= 15 is 0 Å². The minimum absolute atomic E-state index is 0.0342. The molecule has 0 bridgehead atoms. The van der Waals surface area contributed by atoms with Gasteiger partial charge in [0.05, 0.1) is 4.90 Å². The number of aromatic nitrogens is 1. The van der Waals surface area contributed by atoms with Gasteiger partial charge in [-0.1, -0.05) is 6.92 Å². The van der Waals surface area contributed by atoms with Crippen LogP contribution in [0.25, 0.3) is 0 Å². The largest absolute Gasteiger partial charge is 0.441 e. The summed E-state index contributed by atoms with van der Waals surface area (Å²) in [5.41, 5.74) is -4.36. The SMILES string of the molecule is CCCNc1cc(S(=O)(=O)NCCSC(F)(F)F)ccn1. The van der Waals surface area contributed by atoms with Gasteiger partial charge in [0, 0.05) is 31.1 Å². The first-order chi connectivity index (χ1) is 9.74. The predicted molar refractivity (Wildman–Crippen MR) is 76.7 cm³/mol. The highest BCUT2D eigenvalue weighted by Gasteiger charge is 2.27. The molecule has 10 heteroatoms. The van der Waals surface area contributed by atoms with Crippen molar-refractivity contribution in [2.75, 3.05) is 24.2 Å². The molecule has 120 valence electrons. The monoisotopic (exact) mass is 343 g/mol. The smallest absolute Gasteiger partial charge is 0.370 e. The van der Waals surface area contributed by atoms with Gasteiger partial charge in [-0.25, -0.2) is 18.1 Å². The van der Waals surface area contributed by atoms with Crippen molar-refractivity contribution in [3.05, 3.63) is 18.3 Å². The van der Waals surface area contributed by atoms with E-state index in [-0.39, 0.29) is 29.0 Å². The van der Waals surface area contributed by atoms with Gasteiger partial charge in [0.15, 0.2) is 0 Å². The Morgan fingerprint density at radius 3 is 2.67 bits per heavy atom. The minimum Gasteiger partial charge on any atom is -0.370 e. The second kappa shape index (κ2) is 7.85. The van der Waals surface area contributed by atoms with E-state index < -0.39 is 15.5 Å². The molecule has 21 heavy (non-hydrogen) atoms. The summed E-state index contributed by atoms with van der Waals surface area (Å²) in [5.74, 6) is 0.0266. The summed E-state index contributed by atoms with van der Waals surface area (Å²) in [6, 6.07) is 2.63. The van der Waals surface area contributed by atoms with Crippen molar-refractivity contribution < 1.29 is 21.6 Å². The Morgan fingerprint density at radius 1 is 1.33 bits per heavy atom. The maximum absolute atomic E-state index is 11.9. The number of halogens is 3. The molecule has 5 nitrogen and oxygen atoms in total. The predicted octanol–water partition coefficient (Wildman–Crippen LogP) is 2.43. The number of nitrogens with zero attached hydrogens (tertiary/aromatic N) is 1. The number of anilines is 1. The summed E-state index contributed by atoms with van der Waals surface area (Å²) < 4.78 is 61.8. The Kier molecular flexibility index (Phi) is 6.75. The number of hydrogen-bond donors (Lipinski definition) is 2. The van der Waals surface area contributed by atoms with E-state index in [2.05, 4.69) is 15.0 Å². The summed E-state index contributed by atoms with van der Waals surface area (Å²) >= 11 is -0.268. The van der Waals surface area contributed by atoms with Crippen LogP contribution in [0, 0.1) is 0 Å². The van der Waals surface area contributed by atoms with Crippen LogP contribution in [0.2, 0.25) is 0 Å². The molecule has 0 aromatic carbocycles. The van der Waals surface area contributed by atoms with Crippen LogP contribution in [0.4, 0.5) is 19.0 Å². The lowest BCUT2D eigenvalue weighted by molar-refractivity contribution is -0.0327. The first-order valence-electron chi connectivity index (χ1n) is 6.15. The summed E-state index contributed by atoms with van der Waals surface area (Å²) in [6.07, 6.45) is 2.18. The lowest BCUT2D eigenvalue weighted by Gasteiger charge is -2.09. The second-order valence-electron chi connectivity index (χ2n) is 4.00. The Morgan fingerprint density at radius 2 is 2.05 bits per heavy atom. The van der Waals surface area contributed by atoms with Crippen molar-refractivity contribution >= 4 is 27.6 Å². The molecular weight excluding hydrogens is 327 g/mol. The fourth-order valence-electron chi connectivity index (χ4n) is 1.35. The Balaban J connectivity index is 2.61. The molecular formula is C11H16F3N3O2S2. The topological polar surface area (TPSA) is 71.1 Å². The first-order valence-corrected chi connectivity index (χ1v) is 8.62. The summed E-state index contributed by atoms with van der Waals surface area (Å²) in [5, 5.41) is 2.94. The van der Waals surface area contributed by atoms with Gasteiger partial charge >= 0.3 is 5.51 Å². The zero-order chi connectivity index (χ0) is 15.9. The molecule has 0 aliphatic rings. The fraction of sp³-hybridized carbons (Fsp3) is 0.545. The van der Waals surface area contributed by atoms with Crippen LogP contribution >= 0.6 is 11.8 Å². The van der Waals surface area contributed by atoms with Crippen molar-refractivity contribution in [2.45, 2.75) is 23.7 Å². The molecule has 0 unspecified atom stereocenters. The molecule has 0 fully saturated rings. The van der Waals surface area contributed by atoms with Crippen LogP contribution in [-0.2, 0) is 10.0 Å². The Bertz CT molecular complexity index is 550. The van der Waals surface area contributed by atoms with E-state index in [1.165, 1.54) is 18.3 Å². The van der Waals surface area contributed by atoms with Crippen LogP contribution in [-0.4, -0.2) is 37.8 Å². The van der Waals surface area contributed by atoms with Crippen LogP contribution in [0.15, 0.2) is 23.2 Å². The minimum atomic E-state index is -4.36. The second-order valence-corrected chi connectivity index (χ2v) is 6.92. The first kappa shape index (κ1) is 18.1. The van der Waals surface area contributed by atoms with E-state index in [9.17, 15) is 21.6 Å². The molecule has 1 aromatic rings. The summed E-state index contributed by atoms with van der Waals surface area (Å²) in [6.45, 7) is 2.30. The third kappa shape index (κ3) is 7.00. The quantitative estimate of drug-likeness (QED) is 0.710. The zero-order valence-electron chi connectivity index (χ0n) is 11.3. The van der Waals surface area contributed by atoms with Crippen molar-refractivity contribution in [1.29, 1.82) is 0 Å². The van der Waals surface area contributed by atoms with Gasteiger partial charge in [-0.2, -0.15) is 13.2 Å². The highest BCUT2D eigenvalue weighted by atomic mass is 32.2. The number of alkyl halides is 3. The maximum Gasteiger partial charge on any atom is 0.441 e. The van der Waals surface area contributed by atoms with Crippen molar-refractivity contribution in [3.8, 4) is 0 Å². The maximum atomic E-state index is 11.9. The van der Waals surface area contributed by atoms with Crippen molar-refractivity contribution in [3.63, 3.8) is 0 Å². The van der Waals surface area contributed by atoms with E-state index in [0.717, 1.165) is 6.42 Å². The standard InChI is InChI=1S/C11H16F3N3O2S2/c1-2-4-15-10-8-9(3-5-16-10)21(18,19)17-6-7-20-11(12,13)14/h3,5,8,17H,2,4,6-7H2,1H3,(H,15,16). The average Bonchev–Trinajstić information content (AvgIpc) is 2.41.